The molecule has 0 unspecified atom stereocenters. The van der Waals surface area contributed by atoms with E-state index in [2.05, 4.69) is 22.1 Å². The summed E-state index contributed by atoms with van der Waals surface area (Å²) in [6.07, 6.45) is 1.79. The minimum atomic E-state index is 0.0413. The molecule has 1 atom stereocenters. The zero-order valence-electron chi connectivity index (χ0n) is 14.2. The summed E-state index contributed by atoms with van der Waals surface area (Å²) in [5.41, 5.74) is 1.88. The molecular weight excluding hydrogens is 322 g/mol. The van der Waals surface area contributed by atoms with E-state index in [0.717, 1.165) is 17.1 Å². The van der Waals surface area contributed by atoms with Crippen molar-refractivity contribution in [1.82, 2.24) is 9.88 Å². The largest absolute Gasteiger partial charge is 0.497 e. The third-order valence-corrected chi connectivity index (χ3v) is 4.06. The number of hydrogen-bond acceptors (Lipinski definition) is 4. The Balaban J connectivity index is 2.11. The van der Waals surface area contributed by atoms with Crippen LogP contribution >= 0.6 is 12.2 Å². The Morgan fingerprint density at radius 1 is 1.21 bits per heavy atom. The van der Waals surface area contributed by atoms with Crippen LogP contribution in [0.25, 0.3) is 0 Å². The summed E-state index contributed by atoms with van der Waals surface area (Å²) in [5, 5.41) is 3.91. The summed E-state index contributed by atoms with van der Waals surface area (Å²) in [6, 6.07) is 13.6. The van der Waals surface area contributed by atoms with Crippen molar-refractivity contribution in [1.29, 1.82) is 0 Å². The number of nitrogens with one attached hydrogen (secondary N) is 1. The molecule has 0 amide bonds. The van der Waals surface area contributed by atoms with E-state index in [0.29, 0.717) is 18.3 Å². The molecule has 1 N–H and O–H groups in total. The van der Waals surface area contributed by atoms with Gasteiger partial charge in [0.05, 0.1) is 25.5 Å². The molecule has 0 saturated carbocycles. The van der Waals surface area contributed by atoms with Crippen molar-refractivity contribution in [2.45, 2.75) is 13.0 Å². The number of thiocarbonyl (C=S) groups is 1. The lowest BCUT2D eigenvalue weighted by molar-refractivity contribution is 0.164. The molecule has 0 aliphatic carbocycles. The molecule has 0 aliphatic rings. The van der Waals surface area contributed by atoms with E-state index in [-0.39, 0.29) is 6.04 Å². The van der Waals surface area contributed by atoms with Crippen LogP contribution in [0.3, 0.4) is 0 Å². The minimum absolute atomic E-state index is 0.0413. The Morgan fingerprint density at radius 3 is 2.54 bits per heavy atom. The van der Waals surface area contributed by atoms with Crippen molar-refractivity contribution in [3.63, 3.8) is 0 Å². The zero-order valence-corrected chi connectivity index (χ0v) is 15.0. The Bertz CT molecular complexity index is 634. The molecule has 0 saturated heterocycles. The van der Waals surface area contributed by atoms with Gasteiger partial charge >= 0.3 is 0 Å². The average Bonchev–Trinajstić information content (AvgIpc) is 2.63. The van der Waals surface area contributed by atoms with Gasteiger partial charge in [-0.1, -0.05) is 6.07 Å². The van der Waals surface area contributed by atoms with Gasteiger partial charge in [-0.2, -0.15) is 0 Å². The number of anilines is 1. The number of hydrogen-bond donors (Lipinski definition) is 1. The fourth-order valence-electron chi connectivity index (χ4n) is 2.31. The second kappa shape index (κ2) is 9.20. The van der Waals surface area contributed by atoms with Crippen LogP contribution in [0, 0.1) is 0 Å². The van der Waals surface area contributed by atoms with Crippen LogP contribution in [0.2, 0.25) is 0 Å². The van der Waals surface area contributed by atoms with Gasteiger partial charge in [0.2, 0.25) is 0 Å². The number of nitrogens with zero attached hydrogens (tertiary/aromatic N) is 2. The Morgan fingerprint density at radius 2 is 1.96 bits per heavy atom. The van der Waals surface area contributed by atoms with E-state index in [1.807, 2.05) is 42.5 Å². The Labute approximate surface area is 148 Å². The van der Waals surface area contributed by atoms with Crippen LogP contribution in [0.4, 0.5) is 5.69 Å². The first-order valence-electron chi connectivity index (χ1n) is 7.77. The van der Waals surface area contributed by atoms with Crippen molar-refractivity contribution in [2.75, 3.05) is 32.7 Å². The van der Waals surface area contributed by atoms with Crippen molar-refractivity contribution < 1.29 is 9.47 Å². The highest BCUT2D eigenvalue weighted by molar-refractivity contribution is 7.80. The second-order valence-corrected chi connectivity index (χ2v) is 5.66. The van der Waals surface area contributed by atoms with Crippen LogP contribution in [0.15, 0.2) is 48.7 Å². The van der Waals surface area contributed by atoms with E-state index in [1.54, 1.807) is 20.4 Å². The van der Waals surface area contributed by atoms with E-state index >= 15 is 0 Å². The third kappa shape index (κ3) is 4.91. The number of benzene rings is 1. The average molecular weight is 345 g/mol. The molecule has 1 heterocycles. The molecule has 2 aromatic rings. The van der Waals surface area contributed by atoms with Crippen LogP contribution in [0.5, 0.6) is 5.75 Å². The maximum Gasteiger partial charge on any atom is 0.174 e. The van der Waals surface area contributed by atoms with Gasteiger partial charge in [0.25, 0.3) is 0 Å². The minimum Gasteiger partial charge on any atom is -0.497 e. The van der Waals surface area contributed by atoms with Gasteiger partial charge in [-0.3, -0.25) is 4.98 Å². The summed E-state index contributed by atoms with van der Waals surface area (Å²) >= 11 is 5.61. The van der Waals surface area contributed by atoms with Crippen molar-refractivity contribution in [3.8, 4) is 5.75 Å². The molecule has 1 aromatic carbocycles. The van der Waals surface area contributed by atoms with Crippen molar-refractivity contribution in [3.05, 3.63) is 54.4 Å². The molecule has 0 radical (unpaired) electrons. The van der Waals surface area contributed by atoms with Gasteiger partial charge in [0.15, 0.2) is 5.11 Å². The lowest BCUT2D eigenvalue weighted by Crippen LogP contribution is -2.39. The first-order valence-corrected chi connectivity index (χ1v) is 8.18. The molecule has 0 spiro atoms. The zero-order chi connectivity index (χ0) is 17.4. The quantitative estimate of drug-likeness (QED) is 0.775. The summed E-state index contributed by atoms with van der Waals surface area (Å²) < 4.78 is 10.4. The van der Waals surface area contributed by atoms with Gasteiger partial charge in [-0.05, 0) is 55.5 Å². The van der Waals surface area contributed by atoms with E-state index < -0.39 is 0 Å². The molecule has 0 bridgehead atoms. The molecule has 6 heteroatoms. The van der Waals surface area contributed by atoms with Gasteiger partial charge in [-0.15, -0.1) is 0 Å². The predicted octanol–water partition coefficient (Wildman–Crippen LogP) is 3.50. The van der Waals surface area contributed by atoms with Crippen LogP contribution in [-0.4, -0.2) is 42.4 Å². The maximum absolute atomic E-state index is 5.61. The fourth-order valence-corrected chi connectivity index (χ4v) is 2.68. The van der Waals surface area contributed by atoms with Crippen LogP contribution < -0.4 is 10.1 Å². The highest BCUT2D eigenvalue weighted by atomic mass is 32.1. The topological polar surface area (TPSA) is 46.6 Å². The van der Waals surface area contributed by atoms with E-state index in [4.69, 9.17) is 21.7 Å². The third-order valence-electron chi connectivity index (χ3n) is 3.72. The molecule has 1 aromatic heterocycles. The lowest BCUT2D eigenvalue weighted by atomic mass is 10.2. The number of ether oxygens (including phenoxy) is 2. The summed E-state index contributed by atoms with van der Waals surface area (Å²) in [7, 11) is 3.33. The SMILES string of the molecule is COCCN(C(=S)Nc1ccc(OC)cc1)[C@H](C)c1ccccn1. The Hall–Kier alpha value is -2.18. The summed E-state index contributed by atoms with van der Waals surface area (Å²) in [6.45, 7) is 3.35. The monoisotopic (exact) mass is 345 g/mol. The first-order chi connectivity index (χ1) is 11.7. The van der Waals surface area contributed by atoms with Gasteiger partial charge in [0, 0.05) is 25.5 Å². The van der Waals surface area contributed by atoms with Gasteiger partial charge < -0.3 is 19.7 Å². The summed E-state index contributed by atoms with van der Waals surface area (Å²) in [4.78, 5) is 6.51. The van der Waals surface area contributed by atoms with Crippen LogP contribution in [0.1, 0.15) is 18.7 Å². The van der Waals surface area contributed by atoms with Crippen molar-refractivity contribution in [2.24, 2.45) is 0 Å². The molecule has 24 heavy (non-hydrogen) atoms. The number of pyridine rings is 1. The summed E-state index contributed by atoms with van der Waals surface area (Å²) in [5.74, 6) is 0.810. The van der Waals surface area contributed by atoms with Crippen LogP contribution in [-0.2, 0) is 4.74 Å². The molecule has 5 nitrogen and oxygen atoms in total. The number of methoxy groups -OCH3 is 2. The molecule has 128 valence electrons. The van der Waals surface area contributed by atoms with Crippen molar-refractivity contribution >= 4 is 23.0 Å². The number of rotatable bonds is 7. The number of aromatic nitrogens is 1. The maximum atomic E-state index is 5.61. The second-order valence-electron chi connectivity index (χ2n) is 5.28. The lowest BCUT2D eigenvalue weighted by Gasteiger charge is -2.31. The Kier molecular flexibility index (Phi) is 6.96. The van der Waals surface area contributed by atoms with Gasteiger partial charge in [-0.25, -0.2) is 0 Å². The molecule has 0 fully saturated rings. The first kappa shape index (κ1) is 18.2. The smallest absolute Gasteiger partial charge is 0.174 e. The highest BCUT2D eigenvalue weighted by Gasteiger charge is 2.19. The standard InChI is InChI=1S/C18H23N3O2S/c1-14(17-6-4-5-11-19-17)21(12-13-22-2)18(24)20-15-7-9-16(23-3)10-8-15/h4-11,14H,12-13H2,1-3H3,(H,20,24)/t14-/m1/s1. The van der Waals surface area contributed by atoms with E-state index in [9.17, 15) is 0 Å². The molecule has 0 aliphatic heterocycles. The normalized spacial score (nSPS) is 11.6. The molecule has 2 rings (SSSR count). The highest BCUT2D eigenvalue weighted by Crippen LogP contribution is 2.20. The van der Waals surface area contributed by atoms with E-state index in [1.165, 1.54) is 0 Å². The fraction of sp³-hybridized carbons (Fsp3) is 0.333. The molecular formula is C18H23N3O2S. The van der Waals surface area contributed by atoms with Gasteiger partial charge in [0.1, 0.15) is 5.75 Å². The predicted molar refractivity (Wildman–Crippen MR) is 100 cm³/mol.